The average Bonchev–Trinajstić information content (AvgIpc) is 3.08. The molecule has 0 aliphatic carbocycles. The van der Waals surface area contributed by atoms with E-state index in [0.29, 0.717) is 11.9 Å². The molecule has 3 aromatic rings. The van der Waals surface area contributed by atoms with Crippen LogP contribution in [0.2, 0.25) is 0 Å². The van der Waals surface area contributed by atoms with Crippen molar-refractivity contribution < 1.29 is 4.74 Å². The van der Waals surface area contributed by atoms with Gasteiger partial charge in [0.1, 0.15) is 16.4 Å². The van der Waals surface area contributed by atoms with Crippen LogP contribution in [-0.4, -0.2) is 35.1 Å². The van der Waals surface area contributed by atoms with Gasteiger partial charge in [-0.2, -0.15) is 0 Å². The number of piperidine rings is 1. The zero-order valence-electron chi connectivity index (χ0n) is 15.1. The van der Waals surface area contributed by atoms with Crippen LogP contribution in [-0.2, 0) is 6.54 Å². The van der Waals surface area contributed by atoms with Gasteiger partial charge in [0.2, 0.25) is 0 Å². The number of thiophene rings is 1. The van der Waals surface area contributed by atoms with Crippen LogP contribution in [0.3, 0.4) is 0 Å². The van der Waals surface area contributed by atoms with Gasteiger partial charge in [0.05, 0.1) is 19.0 Å². The molecule has 0 spiro atoms. The fourth-order valence-corrected chi connectivity index (χ4v) is 4.45. The monoisotopic (exact) mass is 369 g/mol. The van der Waals surface area contributed by atoms with Crippen LogP contribution >= 0.6 is 11.3 Å². The van der Waals surface area contributed by atoms with E-state index in [4.69, 9.17) is 9.72 Å². The molecule has 1 aliphatic rings. The molecule has 26 heavy (non-hydrogen) atoms. The van der Waals surface area contributed by atoms with Crippen molar-refractivity contribution in [3.63, 3.8) is 0 Å². The molecule has 0 unspecified atom stereocenters. The molecule has 5 nitrogen and oxygen atoms in total. The summed E-state index contributed by atoms with van der Waals surface area (Å²) in [5.41, 5.74) is 1.88. The third kappa shape index (κ3) is 3.39. The van der Waals surface area contributed by atoms with Gasteiger partial charge in [-0.15, -0.1) is 11.3 Å². The van der Waals surface area contributed by atoms with Crippen LogP contribution in [0.5, 0.6) is 5.75 Å². The van der Waals surface area contributed by atoms with E-state index in [2.05, 4.69) is 16.8 Å². The lowest BCUT2D eigenvalue weighted by Crippen LogP contribution is -2.33. The Morgan fingerprint density at radius 2 is 2.00 bits per heavy atom. The van der Waals surface area contributed by atoms with E-state index < -0.39 is 0 Å². The summed E-state index contributed by atoms with van der Waals surface area (Å²) in [6.45, 7) is 5.17. The smallest absolute Gasteiger partial charge is 0.260 e. The summed E-state index contributed by atoms with van der Waals surface area (Å²) in [6.07, 6.45) is 2.43. The fourth-order valence-electron chi connectivity index (χ4n) is 3.48. The van der Waals surface area contributed by atoms with Crippen LogP contribution in [0.25, 0.3) is 21.3 Å². The Morgan fingerprint density at radius 3 is 2.69 bits per heavy atom. The molecule has 6 heteroatoms. The Labute approximate surface area is 156 Å². The molecule has 0 amide bonds. The Balaban J connectivity index is 1.63. The highest BCUT2D eigenvalue weighted by Gasteiger charge is 2.18. The van der Waals surface area contributed by atoms with E-state index >= 15 is 0 Å². The highest BCUT2D eigenvalue weighted by atomic mass is 32.1. The maximum absolute atomic E-state index is 12.7. The van der Waals surface area contributed by atoms with Gasteiger partial charge in [-0.1, -0.05) is 19.1 Å². The van der Waals surface area contributed by atoms with Crippen LogP contribution in [0.15, 0.2) is 34.4 Å². The first-order valence-corrected chi connectivity index (χ1v) is 9.89. The number of likely N-dealkylation sites (tertiary alicyclic amines) is 1. The Morgan fingerprint density at radius 1 is 1.27 bits per heavy atom. The number of methoxy groups -OCH3 is 1. The number of aromatic amines is 1. The van der Waals surface area contributed by atoms with Gasteiger partial charge in [-0.25, -0.2) is 4.98 Å². The van der Waals surface area contributed by atoms with E-state index in [1.807, 2.05) is 29.6 Å². The first-order chi connectivity index (χ1) is 12.6. The Kier molecular flexibility index (Phi) is 4.78. The van der Waals surface area contributed by atoms with Crippen molar-refractivity contribution in [2.24, 2.45) is 5.92 Å². The molecule has 1 N–H and O–H groups in total. The second-order valence-corrected chi connectivity index (χ2v) is 7.89. The molecule has 1 fully saturated rings. The van der Waals surface area contributed by atoms with Crippen LogP contribution < -0.4 is 10.3 Å². The summed E-state index contributed by atoms with van der Waals surface area (Å²) in [5, 5.41) is 2.69. The minimum absolute atomic E-state index is 0.0533. The van der Waals surface area contributed by atoms with E-state index in [0.717, 1.165) is 46.5 Å². The number of nitrogens with one attached hydrogen (secondary N) is 1. The van der Waals surface area contributed by atoms with Gasteiger partial charge in [-0.3, -0.25) is 9.69 Å². The lowest BCUT2D eigenvalue weighted by Gasteiger charge is -2.29. The normalized spacial score (nSPS) is 16.2. The predicted molar refractivity (Wildman–Crippen MR) is 106 cm³/mol. The second-order valence-electron chi connectivity index (χ2n) is 7.03. The number of rotatable bonds is 4. The largest absolute Gasteiger partial charge is 0.497 e. The van der Waals surface area contributed by atoms with Crippen molar-refractivity contribution in [3.8, 4) is 16.9 Å². The molecule has 4 rings (SSSR count). The summed E-state index contributed by atoms with van der Waals surface area (Å²) < 4.78 is 5.21. The van der Waals surface area contributed by atoms with Gasteiger partial charge >= 0.3 is 0 Å². The number of nitrogens with zero attached hydrogens (tertiary/aromatic N) is 2. The molecular weight excluding hydrogens is 346 g/mol. The van der Waals surface area contributed by atoms with E-state index in [1.165, 1.54) is 24.2 Å². The van der Waals surface area contributed by atoms with Crippen LogP contribution in [0, 0.1) is 5.92 Å². The van der Waals surface area contributed by atoms with Gasteiger partial charge < -0.3 is 9.72 Å². The zero-order valence-corrected chi connectivity index (χ0v) is 15.9. The van der Waals surface area contributed by atoms with Crippen molar-refractivity contribution in [1.29, 1.82) is 0 Å². The molecule has 0 saturated carbocycles. The highest BCUT2D eigenvalue weighted by Crippen LogP contribution is 2.31. The SMILES string of the molecule is COc1ccc(-c2csc3nc(CN4CCC(C)CC4)[nH]c(=O)c23)cc1. The van der Waals surface area contributed by atoms with Gasteiger partial charge in [0.25, 0.3) is 5.56 Å². The average molecular weight is 369 g/mol. The molecule has 0 atom stereocenters. The van der Waals surface area contributed by atoms with E-state index in [9.17, 15) is 4.79 Å². The summed E-state index contributed by atoms with van der Waals surface area (Å²) in [5.74, 6) is 2.36. The van der Waals surface area contributed by atoms with Gasteiger partial charge in [0.15, 0.2) is 0 Å². The topological polar surface area (TPSA) is 58.2 Å². The molecule has 2 aromatic heterocycles. The first kappa shape index (κ1) is 17.2. The number of ether oxygens (including phenoxy) is 1. The third-order valence-electron chi connectivity index (χ3n) is 5.14. The quantitative estimate of drug-likeness (QED) is 0.758. The molecule has 3 heterocycles. The van der Waals surface area contributed by atoms with E-state index in [1.54, 1.807) is 7.11 Å². The van der Waals surface area contributed by atoms with Crippen molar-refractivity contribution in [2.45, 2.75) is 26.3 Å². The van der Waals surface area contributed by atoms with Gasteiger partial charge in [-0.05, 0) is 49.5 Å². The first-order valence-electron chi connectivity index (χ1n) is 9.01. The molecule has 0 bridgehead atoms. The second kappa shape index (κ2) is 7.21. The molecule has 0 radical (unpaired) electrons. The summed E-state index contributed by atoms with van der Waals surface area (Å²) >= 11 is 1.53. The lowest BCUT2D eigenvalue weighted by molar-refractivity contribution is 0.181. The van der Waals surface area contributed by atoms with Crippen molar-refractivity contribution >= 4 is 21.6 Å². The maximum atomic E-state index is 12.7. The van der Waals surface area contributed by atoms with Crippen LogP contribution in [0.1, 0.15) is 25.6 Å². The summed E-state index contributed by atoms with van der Waals surface area (Å²) in [6, 6.07) is 7.77. The molecule has 1 aromatic carbocycles. The van der Waals surface area contributed by atoms with E-state index in [-0.39, 0.29) is 5.56 Å². The molecule has 1 aliphatic heterocycles. The predicted octanol–water partition coefficient (Wildman–Crippen LogP) is 3.89. The number of aromatic nitrogens is 2. The molecular formula is C20H23N3O2S. The number of H-pyrrole nitrogens is 1. The van der Waals surface area contributed by atoms with Gasteiger partial charge in [0, 0.05) is 10.9 Å². The number of fused-ring (bicyclic) bond motifs is 1. The number of hydrogen-bond donors (Lipinski definition) is 1. The van der Waals surface area contributed by atoms with Crippen molar-refractivity contribution in [2.75, 3.05) is 20.2 Å². The summed E-state index contributed by atoms with van der Waals surface area (Å²) in [4.78, 5) is 23.6. The Hall–Kier alpha value is -2.18. The number of benzene rings is 1. The minimum atomic E-state index is -0.0533. The lowest BCUT2D eigenvalue weighted by atomic mass is 9.99. The minimum Gasteiger partial charge on any atom is -0.497 e. The standard InChI is InChI=1S/C20H23N3O2S/c1-13-7-9-23(10-8-13)11-17-21-19(24)18-16(12-26-20(18)22-17)14-3-5-15(25-2)6-4-14/h3-6,12-13H,7-11H2,1-2H3,(H,21,22,24). The highest BCUT2D eigenvalue weighted by molar-refractivity contribution is 7.17. The van der Waals surface area contributed by atoms with Crippen molar-refractivity contribution in [3.05, 3.63) is 45.8 Å². The summed E-state index contributed by atoms with van der Waals surface area (Å²) in [7, 11) is 1.65. The molecule has 136 valence electrons. The third-order valence-corrected chi connectivity index (χ3v) is 6.02. The van der Waals surface area contributed by atoms with Crippen molar-refractivity contribution in [1.82, 2.24) is 14.9 Å². The fraction of sp³-hybridized carbons (Fsp3) is 0.400. The Bertz CT molecular complexity index is 953. The maximum Gasteiger partial charge on any atom is 0.260 e. The molecule has 1 saturated heterocycles. The number of hydrogen-bond acceptors (Lipinski definition) is 5. The zero-order chi connectivity index (χ0) is 18.1. The van der Waals surface area contributed by atoms with Crippen LogP contribution in [0.4, 0.5) is 0 Å².